The van der Waals surface area contributed by atoms with E-state index < -0.39 is 0 Å². The second-order valence-corrected chi connectivity index (χ2v) is 5.50. The zero-order chi connectivity index (χ0) is 12.7. The lowest BCUT2D eigenvalue weighted by Gasteiger charge is -2.02. The molecule has 0 spiro atoms. The second-order valence-electron chi connectivity index (χ2n) is 4.34. The number of hydrogen-bond donors (Lipinski definition) is 0. The Morgan fingerprint density at radius 2 is 2.06 bits per heavy atom. The molecule has 0 fully saturated rings. The monoisotopic (exact) mass is 349 g/mol. The summed E-state index contributed by atoms with van der Waals surface area (Å²) < 4.78 is 3.39. The Hall–Kier alpha value is -1.43. The van der Waals surface area contributed by atoms with Gasteiger partial charge in [0.25, 0.3) is 0 Å². The van der Waals surface area contributed by atoms with E-state index in [9.17, 15) is 0 Å². The normalized spacial score (nSPS) is 11.1. The summed E-state index contributed by atoms with van der Waals surface area (Å²) in [5.74, 6) is 0.788. The van der Waals surface area contributed by atoms with Crippen molar-refractivity contribution in [1.29, 1.82) is 0 Å². The Balaban J connectivity index is 2.22. The summed E-state index contributed by atoms with van der Waals surface area (Å²) in [6.45, 7) is 1.98. The zero-order valence-corrected chi connectivity index (χ0v) is 12.3. The molecule has 18 heavy (non-hydrogen) atoms. The van der Waals surface area contributed by atoms with Crippen molar-refractivity contribution >= 4 is 33.5 Å². The van der Waals surface area contributed by atoms with Crippen molar-refractivity contribution in [2.75, 3.05) is 0 Å². The highest BCUT2D eigenvalue weighted by Crippen LogP contribution is 2.26. The number of aryl methyl sites for hydroxylation is 2. The summed E-state index contributed by atoms with van der Waals surface area (Å²) in [7, 11) is 2.06. The van der Waals surface area contributed by atoms with Gasteiger partial charge >= 0.3 is 0 Å². The highest BCUT2D eigenvalue weighted by atomic mass is 127. The molecule has 1 aromatic carbocycles. The number of halogens is 1. The van der Waals surface area contributed by atoms with Gasteiger partial charge in [0.2, 0.25) is 0 Å². The fraction of sp³-hybridized carbons (Fsp3) is 0.143. The zero-order valence-electron chi connectivity index (χ0n) is 10.2. The molecular formula is C14H12IN3. The predicted octanol–water partition coefficient (Wildman–Crippen LogP) is 3.55. The number of fused-ring (bicyclic) bond motifs is 1. The molecule has 0 saturated carbocycles. The minimum Gasteiger partial charge on any atom is -0.349 e. The molecule has 3 rings (SSSR count). The lowest BCUT2D eigenvalue weighted by atomic mass is 10.1. The standard InChI is InChI=1S/C14H12IN3/c1-9-5-6-16-14(17-9)10-3-4-13-11(7-10)12(15)8-18(13)2/h3-8H,1-2H3. The summed E-state index contributed by atoms with van der Waals surface area (Å²) >= 11 is 2.36. The van der Waals surface area contributed by atoms with Crippen LogP contribution < -0.4 is 0 Å². The Kier molecular flexibility index (Phi) is 2.81. The third-order valence-corrected chi connectivity index (χ3v) is 3.85. The average molecular weight is 349 g/mol. The molecule has 0 aliphatic carbocycles. The molecule has 3 aromatic rings. The minimum absolute atomic E-state index is 0.788. The maximum atomic E-state index is 4.47. The molecule has 0 N–H and O–H groups in total. The average Bonchev–Trinajstić information content (AvgIpc) is 2.65. The molecular weight excluding hydrogens is 337 g/mol. The van der Waals surface area contributed by atoms with Crippen molar-refractivity contribution in [1.82, 2.24) is 14.5 Å². The van der Waals surface area contributed by atoms with Crippen LogP contribution in [0.1, 0.15) is 5.69 Å². The van der Waals surface area contributed by atoms with Gasteiger partial charge in [-0.15, -0.1) is 0 Å². The molecule has 2 heterocycles. The van der Waals surface area contributed by atoms with Crippen molar-refractivity contribution in [3.8, 4) is 11.4 Å². The van der Waals surface area contributed by atoms with Crippen LogP contribution in [0, 0.1) is 10.5 Å². The van der Waals surface area contributed by atoms with Gasteiger partial charge in [0.1, 0.15) is 0 Å². The minimum atomic E-state index is 0.788. The maximum Gasteiger partial charge on any atom is 0.159 e. The van der Waals surface area contributed by atoms with Gasteiger partial charge in [-0.05, 0) is 53.8 Å². The van der Waals surface area contributed by atoms with E-state index in [1.54, 1.807) is 6.20 Å². The van der Waals surface area contributed by atoms with Crippen molar-refractivity contribution in [2.24, 2.45) is 7.05 Å². The van der Waals surface area contributed by atoms with E-state index in [1.165, 1.54) is 14.5 Å². The summed E-state index contributed by atoms with van der Waals surface area (Å²) in [5, 5.41) is 1.25. The van der Waals surface area contributed by atoms with E-state index in [1.807, 2.05) is 13.0 Å². The number of nitrogens with zero attached hydrogens (tertiary/aromatic N) is 3. The highest BCUT2D eigenvalue weighted by molar-refractivity contribution is 14.1. The predicted molar refractivity (Wildman–Crippen MR) is 81.4 cm³/mol. The van der Waals surface area contributed by atoms with Crippen LogP contribution >= 0.6 is 22.6 Å². The molecule has 90 valence electrons. The molecule has 0 aliphatic rings. The van der Waals surface area contributed by atoms with Gasteiger partial charge in [-0.2, -0.15) is 0 Å². The van der Waals surface area contributed by atoms with E-state index in [0.717, 1.165) is 17.1 Å². The van der Waals surface area contributed by atoms with Gasteiger partial charge in [-0.1, -0.05) is 0 Å². The molecule has 0 atom stereocenters. The van der Waals surface area contributed by atoms with Crippen LogP contribution in [0.3, 0.4) is 0 Å². The first-order chi connectivity index (χ1) is 8.65. The van der Waals surface area contributed by atoms with Gasteiger partial charge < -0.3 is 4.57 Å². The highest BCUT2D eigenvalue weighted by Gasteiger charge is 2.07. The molecule has 0 radical (unpaired) electrons. The first-order valence-corrected chi connectivity index (χ1v) is 6.77. The SMILES string of the molecule is Cc1ccnc(-c2ccc3c(c2)c(I)cn3C)n1. The Labute approximate surface area is 119 Å². The van der Waals surface area contributed by atoms with E-state index in [4.69, 9.17) is 0 Å². The molecule has 4 heteroatoms. The summed E-state index contributed by atoms with van der Waals surface area (Å²) in [5.41, 5.74) is 3.29. The van der Waals surface area contributed by atoms with Crippen LogP contribution in [0.2, 0.25) is 0 Å². The van der Waals surface area contributed by atoms with Crippen LogP contribution in [0.15, 0.2) is 36.7 Å². The van der Waals surface area contributed by atoms with Crippen LogP contribution in [0.4, 0.5) is 0 Å². The Morgan fingerprint density at radius 3 is 2.83 bits per heavy atom. The summed E-state index contributed by atoms with van der Waals surface area (Å²) in [6.07, 6.45) is 3.93. The lowest BCUT2D eigenvalue weighted by Crippen LogP contribution is -1.90. The van der Waals surface area contributed by atoms with Gasteiger partial charge in [-0.3, -0.25) is 0 Å². The van der Waals surface area contributed by atoms with Gasteiger partial charge in [0.15, 0.2) is 5.82 Å². The Morgan fingerprint density at radius 1 is 1.22 bits per heavy atom. The van der Waals surface area contributed by atoms with Crippen molar-refractivity contribution in [3.05, 3.63) is 45.9 Å². The van der Waals surface area contributed by atoms with Crippen LogP contribution in [-0.2, 0) is 7.05 Å². The lowest BCUT2D eigenvalue weighted by molar-refractivity contribution is 0.966. The van der Waals surface area contributed by atoms with E-state index in [0.29, 0.717) is 0 Å². The number of hydrogen-bond acceptors (Lipinski definition) is 2. The maximum absolute atomic E-state index is 4.47. The summed E-state index contributed by atoms with van der Waals surface area (Å²) in [6, 6.07) is 8.27. The van der Waals surface area contributed by atoms with E-state index in [2.05, 4.69) is 68.6 Å². The molecule has 0 bridgehead atoms. The third kappa shape index (κ3) is 1.90. The smallest absolute Gasteiger partial charge is 0.159 e. The number of rotatable bonds is 1. The van der Waals surface area contributed by atoms with Gasteiger partial charge in [0.05, 0.1) is 0 Å². The third-order valence-electron chi connectivity index (χ3n) is 2.99. The fourth-order valence-electron chi connectivity index (χ4n) is 2.07. The molecule has 0 unspecified atom stereocenters. The first kappa shape index (κ1) is 11.6. The van der Waals surface area contributed by atoms with E-state index in [-0.39, 0.29) is 0 Å². The fourth-order valence-corrected chi connectivity index (χ4v) is 2.92. The van der Waals surface area contributed by atoms with Crippen LogP contribution in [-0.4, -0.2) is 14.5 Å². The van der Waals surface area contributed by atoms with Gasteiger partial charge in [-0.25, -0.2) is 9.97 Å². The van der Waals surface area contributed by atoms with Crippen LogP contribution in [0.5, 0.6) is 0 Å². The number of benzene rings is 1. The summed E-state index contributed by atoms with van der Waals surface area (Å²) in [4.78, 5) is 8.80. The molecule has 0 aliphatic heterocycles. The Bertz CT molecular complexity index is 731. The topological polar surface area (TPSA) is 30.7 Å². The molecule has 3 nitrogen and oxygen atoms in total. The van der Waals surface area contributed by atoms with Crippen molar-refractivity contribution in [2.45, 2.75) is 6.92 Å². The largest absolute Gasteiger partial charge is 0.349 e. The quantitative estimate of drug-likeness (QED) is 0.629. The van der Waals surface area contributed by atoms with E-state index >= 15 is 0 Å². The van der Waals surface area contributed by atoms with Crippen molar-refractivity contribution < 1.29 is 0 Å². The first-order valence-electron chi connectivity index (χ1n) is 5.70. The second kappa shape index (κ2) is 4.35. The molecule has 0 saturated heterocycles. The molecule has 2 aromatic heterocycles. The van der Waals surface area contributed by atoms with Crippen molar-refractivity contribution in [3.63, 3.8) is 0 Å². The number of aromatic nitrogens is 3. The molecule has 0 amide bonds. The van der Waals surface area contributed by atoms with Gasteiger partial charge in [0, 0.05) is 45.2 Å². The van der Waals surface area contributed by atoms with Crippen LogP contribution in [0.25, 0.3) is 22.3 Å².